The number of hydrogen-bond donors (Lipinski definition) is 2. The standard InChI is InChI=1S/C31H31ClN6O4S/c1-19-29-37(27(40)17-35(2)38(29)31(42)33-15-21-6-4-3-5-7-21)24(14-20-8-10-23(39)11-9-20)30(41)36(19)16-22-18-43-25-12-13-26(32)34-28(22)25/h3-13,18-19,24,29,39H,14-17H2,1-2H3,(H,33,42). The van der Waals surface area contributed by atoms with Gasteiger partial charge in [-0.1, -0.05) is 54.1 Å². The monoisotopic (exact) mass is 618 g/mol. The minimum Gasteiger partial charge on any atom is -0.508 e. The molecule has 2 aliphatic heterocycles. The number of hydrazine groups is 1. The molecule has 222 valence electrons. The largest absolute Gasteiger partial charge is 0.508 e. The smallest absolute Gasteiger partial charge is 0.334 e. The number of urea groups is 1. The van der Waals surface area contributed by atoms with Crippen LogP contribution in [-0.2, 0) is 29.1 Å². The molecule has 0 aliphatic carbocycles. The van der Waals surface area contributed by atoms with Gasteiger partial charge in [0.2, 0.25) is 11.8 Å². The van der Waals surface area contributed by atoms with Crippen LogP contribution in [0.2, 0.25) is 5.15 Å². The zero-order valence-electron chi connectivity index (χ0n) is 23.7. The zero-order valence-corrected chi connectivity index (χ0v) is 25.3. The molecule has 0 saturated carbocycles. The molecular weight excluding hydrogens is 588 g/mol. The number of halogens is 1. The highest BCUT2D eigenvalue weighted by Crippen LogP contribution is 2.34. The highest BCUT2D eigenvalue weighted by molar-refractivity contribution is 7.17. The Balaban J connectivity index is 1.37. The number of carbonyl (C=O) groups excluding carboxylic acids is 3. The fourth-order valence-electron chi connectivity index (χ4n) is 5.91. The van der Waals surface area contributed by atoms with Crippen molar-refractivity contribution in [3.63, 3.8) is 0 Å². The first-order chi connectivity index (χ1) is 20.7. The normalized spacial score (nSPS) is 20.9. The van der Waals surface area contributed by atoms with Crippen LogP contribution < -0.4 is 5.32 Å². The van der Waals surface area contributed by atoms with Gasteiger partial charge < -0.3 is 20.2 Å². The Hall–Kier alpha value is -4.19. The average Bonchev–Trinajstić information content (AvgIpc) is 3.39. The number of likely N-dealkylation sites (N-methyl/N-ethyl adjacent to an activating group) is 1. The Labute approximate surface area is 258 Å². The molecule has 2 N–H and O–H groups in total. The summed E-state index contributed by atoms with van der Waals surface area (Å²) in [6.45, 7) is 2.36. The van der Waals surface area contributed by atoms with Crippen LogP contribution in [-0.4, -0.2) is 79.6 Å². The topological polar surface area (TPSA) is 109 Å². The van der Waals surface area contributed by atoms with Crippen molar-refractivity contribution in [3.8, 4) is 5.75 Å². The van der Waals surface area contributed by atoms with Gasteiger partial charge in [0.15, 0.2) is 0 Å². The summed E-state index contributed by atoms with van der Waals surface area (Å²) >= 11 is 7.74. The number of rotatable bonds is 6. The van der Waals surface area contributed by atoms with Gasteiger partial charge >= 0.3 is 6.03 Å². The molecule has 0 bridgehead atoms. The van der Waals surface area contributed by atoms with Crippen molar-refractivity contribution in [2.75, 3.05) is 13.6 Å². The van der Waals surface area contributed by atoms with Gasteiger partial charge in [0, 0.05) is 32.1 Å². The number of nitrogens with zero attached hydrogens (tertiary/aromatic N) is 5. The van der Waals surface area contributed by atoms with Gasteiger partial charge in [-0.3, -0.25) is 9.59 Å². The summed E-state index contributed by atoms with van der Waals surface area (Å²) in [4.78, 5) is 49.6. The minimum absolute atomic E-state index is 0.0566. The molecule has 10 nitrogen and oxygen atoms in total. The Morgan fingerprint density at radius 2 is 1.81 bits per heavy atom. The van der Waals surface area contributed by atoms with Crippen molar-refractivity contribution < 1.29 is 19.5 Å². The third kappa shape index (κ3) is 5.63. The van der Waals surface area contributed by atoms with Crippen LogP contribution in [0, 0.1) is 0 Å². The fraction of sp³-hybridized carbons (Fsp3) is 0.290. The number of hydrogen-bond acceptors (Lipinski definition) is 7. The highest BCUT2D eigenvalue weighted by Gasteiger charge is 2.54. The second-order valence-electron chi connectivity index (χ2n) is 10.9. The zero-order chi connectivity index (χ0) is 30.2. The van der Waals surface area contributed by atoms with E-state index in [1.165, 1.54) is 11.3 Å². The summed E-state index contributed by atoms with van der Waals surface area (Å²) in [5, 5.41) is 18.3. The molecule has 6 rings (SSSR count). The molecule has 2 fully saturated rings. The second-order valence-corrected chi connectivity index (χ2v) is 12.2. The van der Waals surface area contributed by atoms with E-state index >= 15 is 0 Å². The maximum atomic E-state index is 14.3. The quantitative estimate of drug-likeness (QED) is 0.313. The fourth-order valence-corrected chi connectivity index (χ4v) is 6.95. The second kappa shape index (κ2) is 11.8. The van der Waals surface area contributed by atoms with Gasteiger partial charge in [-0.05, 0) is 47.7 Å². The summed E-state index contributed by atoms with van der Waals surface area (Å²) in [7, 11) is 1.71. The lowest BCUT2D eigenvalue weighted by molar-refractivity contribution is -0.196. The third-order valence-electron chi connectivity index (χ3n) is 8.04. The first kappa shape index (κ1) is 28.9. The van der Waals surface area contributed by atoms with Crippen molar-refractivity contribution in [1.29, 1.82) is 0 Å². The van der Waals surface area contributed by atoms with Gasteiger partial charge in [-0.25, -0.2) is 19.8 Å². The first-order valence-electron chi connectivity index (χ1n) is 14.0. The van der Waals surface area contributed by atoms with Crippen molar-refractivity contribution >= 4 is 51.0 Å². The summed E-state index contributed by atoms with van der Waals surface area (Å²) in [6.07, 6.45) is -0.536. The Bertz CT molecular complexity index is 1670. The number of phenolic OH excluding ortho intramolecular Hbond substituents is 1. The summed E-state index contributed by atoms with van der Waals surface area (Å²) in [6, 6.07) is 18.0. The van der Waals surface area contributed by atoms with Gasteiger partial charge in [0.25, 0.3) is 0 Å². The van der Waals surface area contributed by atoms with Crippen molar-refractivity contribution in [1.82, 2.24) is 30.1 Å². The maximum Gasteiger partial charge on any atom is 0.334 e. The summed E-state index contributed by atoms with van der Waals surface area (Å²) < 4.78 is 0.952. The van der Waals surface area contributed by atoms with Crippen LogP contribution in [0.3, 0.4) is 0 Å². The van der Waals surface area contributed by atoms with Crippen molar-refractivity contribution in [2.24, 2.45) is 0 Å². The molecule has 4 amide bonds. The molecule has 0 spiro atoms. The lowest BCUT2D eigenvalue weighted by Crippen LogP contribution is -2.78. The first-order valence-corrected chi connectivity index (χ1v) is 15.2. The highest BCUT2D eigenvalue weighted by atomic mass is 35.5. The number of benzene rings is 2. The molecular formula is C31H31ClN6O4S. The molecule has 4 heterocycles. The van der Waals surface area contributed by atoms with Crippen LogP contribution in [0.1, 0.15) is 23.6 Å². The summed E-state index contributed by atoms with van der Waals surface area (Å²) in [5.74, 6) is -0.349. The Kier molecular flexibility index (Phi) is 7.95. The molecule has 2 saturated heterocycles. The minimum atomic E-state index is -0.863. The predicted molar refractivity (Wildman–Crippen MR) is 164 cm³/mol. The van der Waals surface area contributed by atoms with E-state index in [2.05, 4.69) is 10.3 Å². The van der Waals surface area contributed by atoms with E-state index in [0.717, 1.165) is 26.9 Å². The molecule has 43 heavy (non-hydrogen) atoms. The molecule has 4 aromatic rings. The summed E-state index contributed by atoms with van der Waals surface area (Å²) in [5.41, 5.74) is 3.29. The number of pyridine rings is 1. The van der Waals surface area contributed by atoms with E-state index < -0.39 is 18.2 Å². The Morgan fingerprint density at radius 1 is 1.07 bits per heavy atom. The number of amides is 4. The maximum absolute atomic E-state index is 14.3. The molecule has 3 unspecified atom stereocenters. The van der Waals surface area contributed by atoms with E-state index in [9.17, 15) is 19.5 Å². The van der Waals surface area contributed by atoms with Gasteiger partial charge in [-0.2, -0.15) is 0 Å². The molecule has 3 atom stereocenters. The lowest BCUT2D eigenvalue weighted by atomic mass is 9.95. The van der Waals surface area contributed by atoms with E-state index in [0.29, 0.717) is 11.7 Å². The lowest BCUT2D eigenvalue weighted by Gasteiger charge is -2.57. The van der Waals surface area contributed by atoms with Crippen LogP contribution in [0.4, 0.5) is 4.79 Å². The third-order valence-corrected chi connectivity index (χ3v) is 9.24. The molecule has 12 heteroatoms. The van der Waals surface area contributed by atoms with Crippen LogP contribution >= 0.6 is 22.9 Å². The molecule has 0 radical (unpaired) electrons. The molecule has 2 aromatic carbocycles. The molecule has 2 aliphatic rings. The van der Waals surface area contributed by atoms with Gasteiger partial charge in [0.05, 0.1) is 22.8 Å². The van der Waals surface area contributed by atoms with E-state index in [4.69, 9.17) is 11.6 Å². The van der Waals surface area contributed by atoms with Crippen LogP contribution in [0.5, 0.6) is 5.75 Å². The number of fused-ring (bicyclic) bond motifs is 2. The van der Waals surface area contributed by atoms with Crippen LogP contribution in [0.15, 0.2) is 72.1 Å². The number of piperazine rings is 1. The van der Waals surface area contributed by atoms with E-state index in [1.54, 1.807) is 57.2 Å². The van der Waals surface area contributed by atoms with Gasteiger partial charge in [-0.15, -0.1) is 11.3 Å². The van der Waals surface area contributed by atoms with E-state index in [-0.39, 0.29) is 43.1 Å². The number of carbonyl (C=O) groups is 3. The van der Waals surface area contributed by atoms with Gasteiger partial charge in [0.1, 0.15) is 23.1 Å². The SMILES string of the molecule is CC1C2N(C(=O)CN(C)N2C(=O)NCc2ccccc2)C(Cc2ccc(O)cc2)C(=O)N1Cc1csc2ccc(Cl)nc12. The van der Waals surface area contributed by atoms with Crippen molar-refractivity contribution in [2.45, 2.75) is 44.7 Å². The van der Waals surface area contributed by atoms with Crippen molar-refractivity contribution in [3.05, 3.63) is 94.0 Å². The predicted octanol–water partition coefficient (Wildman–Crippen LogP) is 4.22. The number of thiophene rings is 1. The number of phenols is 1. The van der Waals surface area contributed by atoms with Crippen LogP contribution in [0.25, 0.3) is 10.2 Å². The van der Waals surface area contributed by atoms with E-state index in [1.807, 2.05) is 48.7 Å². The average molecular weight is 619 g/mol. The molecule has 2 aromatic heterocycles. The Morgan fingerprint density at radius 3 is 2.56 bits per heavy atom. The number of aromatic hydroxyl groups is 1. The number of nitrogens with one attached hydrogen (secondary N) is 1. The number of aromatic nitrogens is 1.